The van der Waals surface area contributed by atoms with Gasteiger partial charge in [-0.1, -0.05) is 0 Å². The second-order valence-corrected chi connectivity index (χ2v) is 4.55. The molecular weight excluding hydrogens is 264 g/mol. The van der Waals surface area contributed by atoms with Crippen LogP contribution in [0.2, 0.25) is 0 Å². The molecule has 0 radical (unpaired) electrons. The largest absolute Gasteiger partial charge is 0.383 e. The van der Waals surface area contributed by atoms with Crippen LogP contribution in [-0.4, -0.2) is 40.6 Å². The summed E-state index contributed by atoms with van der Waals surface area (Å²) in [6.07, 6.45) is 3.43. The SMILES string of the molecule is CC1CNCCN1c1nc(N)c2ccncc2n1.Cl. The quantitative estimate of drug-likeness (QED) is 0.805. The maximum Gasteiger partial charge on any atom is 0.228 e. The zero-order valence-electron chi connectivity index (χ0n) is 10.7. The average Bonchev–Trinajstić information content (AvgIpc) is 2.39. The van der Waals surface area contributed by atoms with Gasteiger partial charge in [0.25, 0.3) is 0 Å². The Labute approximate surface area is 117 Å². The summed E-state index contributed by atoms with van der Waals surface area (Å²) in [5.41, 5.74) is 6.78. The van der Waals surface area contributed by atoms with Gasteiger partial charge in [-0.2, -0.15) is 4.98 Å². The fraction of sp³-hybridized carbons (Fsp3) is 0.417. The molecule has 1 unspecified atom stereocenters. The molecule has 102 valence electrons. The van der Waals surface area contributed by atoms with Gasteiger partial charge in [-0.15, -0.1) is 12.4 Å². The number of nitrogens with zero attached hydrogens (tertiary/aromatic N) is 4. The molecule has 1 aliphatic heterocycles. The molecule has 2 aromatic heterocycles. The highest BCUT2D eigenvalue weighted by molar-refractivity contribution is 5.88. The molecule has 7 heteroatoms. The van der Waals surface area contributed by atoms with Crippen LogP contribution in [-0.2, 0) is 0 Å². The summed E-state index contributed by atoms with van der Waals surface area (Å²) in [5.74, 6) is 1.21. The summed E-state index contributed by atoms with van der Waals surface area (Å²) in [5, 5.41) is 4.20. The zero-order chi connectivity index (χ0) is 12.5. The van der Waals surface area contributed by atoms with Crippen LogP contribution in [0.5, 0.6) is 0 Å². The van der Waals surface area contributed by atoms with Crippen molar-refractivity contribution in [3.63, 3.8) is 0 Å². The van der Waals surface area contributed by atoms with Gasteiger partial charge in [-0.05, 0) is 13.0 Å². The van der Waals surface area contributed by atoms with Crippen molar-refractivity contribution in [2.75, 3.05) is 30.3 Å². The van der Waals surface area contributed by atoms with Crippen molar-refractivity contribution < 1.29 is 0 Å². The van der Waals surface area contributed by atoms with Crippen molar-refractivity contribution in [1.82, 2.24) is 20.3 Å². The van der Waals surface area contributed by atoms with E-state index in [-0.39, 0.29) is 12.4 Å². The number of halogens is 1. The number of piperazine rings is 1. The average molecular weight is 281 g/mol. The molecule has 0 aliphatic carbocycles. The lowest BCUT2D eigenvalue weighted by atomic mass is 10.2. The van der Waals surface area contributed by atoms with Gasteiger partial charge in [0.15, 0.2) is 0 Å². The van der Waals surface area contributed by atoms with Gasteiger partial charge < -0.3 is 16.0 Å². The Hall–Kier alpha value is -1.66. The molecule has 0 spiro atoms. The monoisotopic (exact) mass is 280 g/mol. The summed E-state index contributed by atoms with van der Waals surface area (Å²) in [7, 11) is 0. The highest BCUT2D eigenvalue weighted by Gasteiger charge is 2.21. The van der Waals surface area contributed by atoms with E-state index in [4.69, 9.17) is 5.73 Å². The second kappa shape index (κ2) is 5.54. The van der Waals surface area contributed by atoms with Gasteiger partial charge in [-0.3, -0.25) is 4.98 Å². The van der Waals surface area contributed by atoms with Crippen LogP contribution in [0, 0.1) is 0 Å². The summed E-state index contributed by atoms with van der Waals surface area (Å²) >= 11 is 0. The van der Waals surface area contributed by atoms with Gasteiger partial charge in [0, 0.05) is 37.3 Å². The normalized spacial score (nSPS) is 19.2. The number of nitrogens with one attached hydrogen (secondary N) is 1. The van der Waals surface area contributed by atoms with E-state index >= 15 is 0 Å². The van der Waals surface area contributed by atoms with Gasteiger partial charge in [0.2, 0.25) is 5.95 Å². The molecule has 0 saturated carbocycles. The maximum atomic E-state index is 5.99. The van der Waals surface area contributed by atoms with Crippen LogP contribution in [0.3, 0.4) is 0 Å². The first kappa shape index (κ1) is 13.8. The molecule has 6 nitrogen and oxygen atoms in total. The Morgan fingerprint density at radius 3 is 3.05 bits per heavy atom. The van der Waals surface area contributed by atoms with E-state index in [0.717, 1.165) is 30.5 Å². The third-order valence-corrected chi connectivity index (χ3v) is 3.28. The minimum atomic E-state index is 0. The molecule has 0 bridgehead atoms. The summed E-state index contributed by atoms with van der Waals surface area (Å²) in [6, 6.07) is 2.21. The number of pyridine rings is 1. The molecule has 0 aromatic carbocycles. The lowest BCUT2D eigenvalue weighted by molar-refractivity contribution is 0.493. The van der Waals surface area contributed by atoms with Crippen molar-refractivity contribution in [2.45, 2.75) is 13.0 Å². The van der Waals surface area contributed by atoms with E-state index in [1.54, 1.807) is 12.4 Å². The number of nitrogens with two attached hydrogens (primary N) is 1. The minimum Gasteiger partial charge on any atom is -0.383 e. The minimum absolute atomic E-state index is 0. The van der Waals surface area contributed by atoms with E-state index in [2.05, 4.69) is 32.1 Å². The standard InChI is InChI=1S/C12H16N6.ClH/c1-8-6-15-4-5-18(8)12-16-10-7-14-3-2-9(10)11(13)17-12;/h2-3,7-8,15H,4-6H2,1H3,(H2,13,16,17);1H. The number of hydrogen-bond donors (Lipinski definition) is 2. The van der Waals surface area contributed by atoms with Crippen LogP contribution in [0.1, 0.15) is 6.92 Å². The predicted molar refractivity (Wildman–Crippen MR) is 78.7 cm³/mol. The molecule has 1 aliphatic rings. The third-order valence-electron chi connectivity index (χ3n) is 3.28. The van der Waals surface area contributed by atoms with Crippen molar-refractivity contribution >= 4 is 35.1 Å². The predicted octanol–water partition coefficient (Wildman–Crippen LogP) is 0.827. The Balaban J connectivity index is 0.00000133. The lowest BCUT2D eigenvalue weighted by Gasteiger charge is -2.34. The molecule has 19 heavy (non-hydrogen) atoms. The molecule has 1 atom stereocenters. The van der Waals surface area contributed by atoms with Crippen LogP contribution < -0.4 is 16.0 Å². The van der Waals surface area contributed by atoms with Crippen LogP contribution in [0.4, 0.5) is 11.8 Å². The number of rotatable bonds is 1. The lowest BCUT2D eigenvalue weighted by Crippen LogP contribution is -2.50. The van der Waals surface area contributed by atoms with Crippen molar-refractivity contribution in [1.29, 1.82) is 0 Å². The first-order valence-corrected chi connectivity index (χ1v) is 6.10. The van der Waals surface area contributed by atoms with Gasteiger partial charge in [0.1, 0.15) is 5.82 Å². The first-order valence-electron chi connectivity index (χ1n) is 6.10. The molecule has 3 N–H and O–H groups in total. The maximum absolute atomic E-state index is 5.99. The van der Waals surface area contributed by atoms with E-state index in [1.807, 2.05) is 6.07 Å². The molecule has 1 fully saturated rings. The van der Waals surface area contributed by atoms with E-state index < -0.39 is 0 Å². The Morgan fingerprint density at radius 2 is 2.26 bits per heavy atom. The summed E-state index contributed by atoms with van der Waals surface area (Å²) in [6.45, 7) is 4.93. The highest BCUT2D eigenvalue weighted by Crippen LogP contribution is 2.21. The summed E-state index contributed by atoms with van der Waals surface area (Å²) in [4.78, 5) is 15.2. The van der Waals surface area contributed by atoms with E-state index in [0.29, 0.717) is 17.8 Å². The fourth-order valence-electron chi connectivity index (χ4n) is 2.26. The number of hydrogen-bond acceptors (Lipinski definition) is 6. The molecule has 0 amide bonds. The van der Waals surface area contributed by atoms with Crippen LogP contribution >= 0.6 is 12.4 Å². The third kappa shape index (κ3) is 2.54. The smallest absolute Gasteiger partial charge is 0.228 e. The van der Waals surface area contributed by atoms with Crippen molar-refractivity contribution in [3.05, 3.63) is 18.5 Å². The number of nitrogen functional groups attached to an aromatic ring is 1. The van der Waals surface area contributed by atoms with Gasteiger partial charge in [0.05, 0.1) is 11.7 Å². The Morgan fingerprint density at radius 1 is 1.42 bits per heavy atom. The molecular formula is C12H17ClN6. The van der Waals surface area contributed by atoms with Gasteiger partial charge in [-0.25, -0.2) is 4.98 Å². The van der Waals surface area contributed by atoms with E-state index in [9.17, 15) is 0 Å². The van der Waals surface area contributed by atoms with Crippen LogP contribution in [0.15, 0.2) is 18.5 Å². The van der Waals surface area contributed by atoms with Crippen molar-refractivity contribution in [2.24, 2.45) is 0 Å². The summed E-state index contributed by atoms with van der Waals surface area (Å²) < 4.78 is 0. The molecule has 3 heterocycles. The Bertz CT molecular complexity index is 575. The topological polar surface area (TPSA) is 80.0 Å². The molecule has 2 aromatic rings. The molecule has 3 rings (SSSR count). The van der Waals surface area contributed by atoms with Crippen LogP contribution in [0.25, 0.3) is 10.9 Å². The number of anilines is 2. The fourth-order valence-corrected chi connectivity index (χ4v) is 2.26. The molecule has 1 saturated heterocycles. The number of fused-ring (bicyclic) bond motifs is 1. The van der Waals surface area contributed by atoms with Crippen molar-refractivity contribution in [3.8, 4) is 0 Å². The van der Waals surface area contributed by atoms with E-state index in [1.165, 1.54) is 0 Å². The first-order chi connectivity index (χ1) is 8.75. The zero-order valence-corrected chi connectivity index (χ0v) is 11.5. The highest BCUT2D eigenvalue weighted by atomic mass is 35.5. The Kier molecular flexibility index (Phi) is 4.01. The second-order valence-electron chi connectivity index (χ2n) is 4.55. The van der Waals surface area contributed by atoms with Gasteiger partial charge >= 0.3 is 0 Å². The number of aromatic nitrogens is 3.